The summed E-state index contributed by atoms with van der Waals surface area (Å²) in [6, 6.07) is 4.99. The molecule has 0 aliphatic carbocycles. The van der Waals surface area contributed by atoms with Gasteiger partial charge in [0.2, 0.25) is 0 Å². The van der Waals surface area contributed by atoms with Crippen LogP contribution in [0.3, 0.4) is 0 Å². The van der Waals surface area contributed by atoms with Gasteiger partial charge >= 0.3 is 0 Å². The van der Waals surface area contributed by atoms with Gasteiger partial charge in [-0.05, 0) is 26.1 Å². The van der Waals surface area contributed by atoms with Crippen molar-refractivity contribution in [1.29, 1.82) is 5.26 Å². The van der Waals surface area contributed by atoms with Gasteiger partial charge in [0.25, 0.3) is 5.91 Å². The Balaban J connectivity index is 2.85. The van der Waals surface area contributed by atoms with Gasteiger partial charge in [-0.2, -0.15) is 5.26 Å². The fourth-order valence-electron chi connectivity index (χ4n) is 2.11. The third-order valence-corrected chi connectivity index (χ3v) is 3.42. The van der Waals surface area contributed by atoms with Gasteiger partial charge in [0, 0.05) is 19.2 Å². The maximum atomic E-state index is 12.3. The van der Waals surface area contributed by atoms with Crippen LogP contribution in [-0.4, -0.2) is 43.6 Å². The first-order valence-corrected chi connectivity index (χ1v) is 7.54. The number of hydrogen-bond donors (Lipinski definition) is 2. The summed E-state index contributed by atoms with van der Waals surface area (Å²) >= 11 is 0. The molecule has 1 aromatic carbocycles. The second-order valence-corrected chi connectivity index (χ2v) is 4.76. The van der Waals surface area contributed by atoms with Crippen molar-refractivity contribution >= 4 is 11.6 Å². The second-order valence-electron chi connectivity index (χ2n) is 4.76. The Labute approximate surface area is 131 Å². The van der Waals surface area contributed by atoms with E-state index in [9.17, 15) is 4.79 Å². The average molecular weight is 304 g/mol. The van der Waals surface area contributed by atoms with Crippen LogP contribution in [0, 0.1) is 11.3 Å². The molecule has 0 fully saturated rings. The summed E-state index contributed by atoms with van der Waals surface area (Å²) in [7, 11) is 0. The topological polar surface area (TPSA) is 91.4 Å². The first-order valence-electron chi connectivity index (χ1n) is 7.54. The molecule has 0 radical (unpaired) electrons. The fraction of sp³-hybridized carbons (Fsp3) is 0.500. The van der Waals surface area contributed by atoms with E-state index in [1.807, 2.05) is 13.0 Å². The molecule has 6 nitrogen and oxygen atoms in total. The van der Waals surface area contributed by atoms with Crippen molar-refractivity contribution in [3.05, 3.63) is 23.3 Å². The Morgan fingerprint density at radius 1 is 1.36 bits per heavy atom. The summed E-state index contributed by atoms with van der Waals surface area (Å²) < 4.78 is 5.45. The Kier molecular flexibility index (Phi) is 7.20. The number of carbonyl (C=O) groups excluding carboxylic acids is 1. The molecule has 3 N–H and O–H groups in total. The van der Waals surface area contributed by atoms with Crippen LogP contribution in [0.5, 0.6) is 5.75 Å². The molecule has 0 bridgehead atoms. The van der Waals surface area contributed by atoms with Crippen LogP contribution in [0.4, 0.5) is 5.69 Å². The standard InChI is InChI=1S/C16H24N4O2/c1-4-20(5-2)8-7-19-16(21)13-9-12(11-17)14(18)10-15(13)22-6-3/h9-10H,4-8,18H2,1-3H3,(H,19,21). The molecule has 1 aromatic rings. The molecule has 0 aliphatic rings. The highest BCUT2D eigenvalue weighted by atomic mass is 16.5. The third kappa shape index (κ3) is 4.64. The van der Waals surface area contributed by atoms with Crippen molar-refractivity contribution in [3.8, 4) is 11.8 Å². The van der Waals surface area contributed by atoms with Crippen molar-refractivity contribution in [2.24, 2.45) is 0 Å². The van der Waals surface area contributed by atoms with Gasteiger partial charge in [-0.25, -0.2) is 0 Å². The van der Waals surface area contributed by atoms with E-state index in [0.717, 1.165) is 19.6 Å². The lowest BCUT2D eigenvalue weighted by Crippen LogP contribution is -2.35. The molecule has 0 atom stereocenters. The lowest BCUT2D eigenvalue weighted by atomic mass is 10.1. The molecule has 22 heavy (non-hydrogen) atoms. The fourth-order valence-corrected chi connectivity index (χ4v) is 2.11. The highest BCUT2D eigenvalue weighted by Crippen LogP contribution is 2.25. The van der Waals surface area contributed by atoms with Crippen molar-refractivity contribution in [2.45, 2.75) is 20.8 Å². The molecule has 6 heteroatoms. The third-order valence-electron chi connectivity index (χ3n) is 3.42. The summed E-state index contributed by atoms with van der Waals surface area (Å²) in [6.07, 6.45) is 0. The highest BCUT2D eigenvalue weighted by molar-refractivity contribution is 5.98. The Bertz CT molecular complexity index is 548. The van der Waals surface area contributed by atoms with Gasteiger partial charge in [0.05, 0.1) is 23.4 Å². The second kappa shape index (κ2) is 8.90. The summed E-state index contributed by atoms with van der Waals surface area (Å²) in [5.74, 6) is 0.145. The number of nitrogens with zero attached hydrogens (tertiary/aromatic N) is 2. The van der Waals surface area contributed by atoms with E-state index >= 15 is 0 Å². The van der Waals surface area contributed by atoms with Gasteiger partial charge in [-0.15, -0.1) is 0 Å². The Morgan fingerprint density at radius 2 is 2.05 bits per heavy atom. The Morgan fingerprint density at radius 3 is 2.59 bits per heavy atom. The van der Waals surface area contributed by atoms with Gasteiger partial charge < -0.3 is 20.7 Å². The minimum atomic E-state index is -0.257. The predicted octanol–water partition coefficient (Wildman–Crippen LogP) is 1.61. The zero-order chi connectivity index (χ0) is 16.5. The number of carbonyl (C=O) groups is 1. The summed E-state index contributed by atoms with van der Waals surface area (Å²) in [4.78, 5) is 14.5. The minimum Gasteiger partial charge on any atom is -0.493 e. The van der Waals surface area contributed by atoms with Gasteiger partial charge in [0.1, 0.15) is 11.8 Å². The quantitative estimate of drug-likeness (QED) is 0.712. The number of nitrogens with two attached hydrogens (primary N) is 1. The molecule has 0 saturated carbocycles. The first kappa shape index (κ1) is 17.8. The van der Waals surface area contributed by atoms with Crippen LogP contribution < -0.4 is 15.8 Å². The lowest BCUT2D eigenvalue weighted by Gasteiger charge is -2.18. The van der Waals surface area contributed by atoms with Crippen LogP contribution in [-0.2, 0) is 0 Å². The number of likely N-dealkylation sites (N-methyl/N-ethyl adjacent to an activating group) is 1. The van der Waals surface area contributed by atoms with Crippen LogP contribution >= 0.6 is 0 Å². The number of ether oxygens (including phenoxy) is 1. The molecule has 0 aromatic heterocycles. The summed E-state index contributed by atoms with van der Waals surface area (Å²) in [5.41, 5.74) is 6.69. The molecule has 0 aliphatic heterocycles. The van der Waals surface area contributed by atoms with Crippen molar-refractivity contribution in [2.75, 3.05) is 38.5 Å². The average Bonchev–Trinajstić information content (AvgIpc) is 2.52. The molecular weight excluding hydrogens is 280 g/mol. The van der Waals surface area contributed by atoms with Crippen LogP contribution in [0.1, 0.15) is 36.7 Å². The maximum absolute atomic E-state index is 12.3. The molecule has 1 rings (SSSR count). The largest absolute Gasteiger partial charge is 0.493 e. The maximum Gasteiger partial charge on any atom is 0.255 e. The first-order chi connectivity index (χ1) is 10.6. The van der Waals surface area contributed by atoms with E-state index in [1.54, 1.807) is 0 Å². The number of rotatable bonds is 8. The lowest BCUT2D eigenvalue weighted by molar-refractivity contribution is 0.0945. The number of nitrogens with one attached hydrogen (secondary N) is 1. The number of nitrogen functional groups attached to an aromatic ring is 1. The number of benzene rings is 1. The zero-order valence-corrected chi connectivity index (χ0v) is 13.5. The van der Waals surface area contributed by atoms with Crippen LogP contribution in [0.2, 0.25) is 0 Å². The smallest absolute Gasteiger partial charge is 0.255 e. The normalized spacial score (nSPS) is 10.3. The molecule has 0 saturated heterocycles. The van der Waals surface area contributed by atoms with E-state index in [-0.39, 0.29) is 11.5 Å². The number of hydrogen-bond acceptors (Lipinski definition) is 5. The Hall–Kier alpha value is -2.26. The molecular formula is C16H24N4O2. The highest BCUT2D eigenvalue weighted by Gasteiger charge is 2.16. The van der Waals surface area contributed by atoms with E-state index in [4.69, 9.17) is 15.7 Å². The molecule has 0 unspecified atom stereocenters. The molecule has 120 valence electrons. The van der Waals surface area contributed by atoms with Gasteiger partial charge in [0.15, 0.2) is 0 Å². The van der Waals surface area contributed by atoms with Gasteiger partial charge in [-0.1, -0.05) is 13.8 Å². The van der Waals surface area contributed by atoms with Crippen LogP contribution in [0.25, 0.3) is 0 Å². The zero-order valence-electron chi connectivity index (χ0n) is 13.5. The molecule has 1 amide bonds. The molecule has 0 heterocycles. The minimum absolute atomic E-state index is 0.257. The predicted molar refractivity (Wildman–Crippen MR) is 86.9 cm³/mol. The van der Waals surface area contributed by atoms with Crippen molar-refractivity contribution in [1.82, 2.24) is 10.2 Å². The molecule has 0 spiro atoms. The van der Waals surface area contributed by atoms with Crippen molar-refractivity contribution < 1.29 is 9.53 Å². The van der Waals surface area contributed by atoms with E-state index < -0.39 is 0 Å². The number of anilines is 1. The monoisotopic (exact) mass is 304 g/mol. The van der Waals surface area contributed by atoms with E-state index in [2.05, 4.69) is 24.1 Å². The summed E-state index contributed by atoms with van der Waals surface area (Å²) in [6.45, 7) is 9.62. The van der Waals surface area contributed by atoms with E-state index in [1.165, 1.54) is 12.1 Å². The number of amides is 1. The number of nitriles is 1. The van der Waals surface area contributed by atoms with Crippen LogP contribution in [0.15, 0.2) is 12.1 Å². The van der Waals surface area contributed by atoms with Gasteiger partial charge in [-0.3, -0.25) is 4.79 Å². The summed E-state index contributed by atoms with van der Waals surface area (Å²) in [5, 5.41) is 11.9. The van der Waals surface area contributed by atoms with E-state index in [0.29, 0.717) is 30.2 Å². The SMILES string of the molecule is CCOc1cc(N)c(C#N)cc1C(=O)NCCN(CC)CC. The van der Waals surface area contributed by atoms with Crippen molar-refractivity contribution in [3.63, 3.8) is 0 Å².